The third-order valence-corrected chi connectivity index (χ3v) is 5.14. The average Bonchev–Trinajstić information content (AvgIpc) is 3.29. The molecule has 1 heterocycles. The zero-order chi connectivity index (χ0) is 17.1. The van der Waals surface area contributed by atoms with Crippen molar-refractivity contribution in [1.82, 2.24) is 10.2 Å². The van der Waals surface area contributed by atoms with Gasteiger partial charge in [-0.25, -0.2) is 4.79 Å². The number of aliphatic hydroxyl groups is 1. The van der Waals surface area contributed by atoms with Crippen molar-refractivity contribution >= 4 is 6.03 Å². The van der Waals surface area contributed by atoms with Crippen LogP contribution in [0.1, 0.15) is 38.3 Å². The number of amides is 2. The molecule has 0 bridgehead atoms. The fraction of sp³-hybridized carbons (Fsp3) is 0.632. The van der Waals surface area contributed by atoms with Gasteiger partial charge in [0, 0.05) is 6.54 Å². The molecule has 5 heteroatoms. The first-order chi connectivity index (χ1) is 11.6. The molecule has 5 atom stereocenters. The predicted octanol–water partition coefficient (Wildman–Crippen LogP) is 2.57. The number of hydrogen-bond acceptors (Lipinski definition) is 3. The number of carbonyl (C=O) groups is 1. The first-order valence-corrected chi connectivity index (χ1v) is 8.94. The number of nitrogens with zero attached hydrogens (tertiary/aromatic N) is 1. The number of urea groups is 1. The molecule has 1 aromatic carbocycles. The molecule has 1 saturated carbocycles. The third kappa shape index (κ3) is 4.08. The summed E-state index contributed by atoms with van der Waals surface area (Å²) >= 11 is 0. The van der Waals surface area contributed by atoms with E-state index in [1.807, 2.05) is 23.1 Å². The maximum absolute atomic E-state index is 12.9. The normalized spacial score (nSPS) is 29.0. The summed E-state index contributed by atoms with van der Waals surface area (Å²) in [5.74, 6) is 1.15. The van der Waals surface area contributed by atoms with E-state index in [1.54, 1.807) is 6.92 Å². The van der Waals surface area contributed by atoms with Crippen molar-refractivity contribution < 1.29 is 14.6 Å². The number of hydrogen-bond donors (Lipinski definition) is 2. The molecule has 5 unspecified atom stereocenters. The second-order valence-corrected chi connectivity index (χ2v) is 7.22. The van der Waals surface area contributed by atoms with Gasteiger partial charge in [0.25, 0.3) is 0 Å². The third-order valence-electron chi connectivity index (χ3n) is 5.14. The second kappa shape index (κ2) is 7.53. The van der Waals surface area contributed by atoms with Gasteiger partial charge in [0.15, 0.2) is 0 Å². The molecule has 5 nitrogen and oxygen atoms in total. The standard InChI is InChI=1S/C19H28N2O3/c1-13-10-17(13)18(15-6-4-3-5-7-15)20-19(23)21-8-9-24-12-16(21)11-14(2)22/h3-7,13-14,16-18,22H,8-12H2,1-2H3,(H,20,23). The summed E-state index contributed by atoms with van der Waals surface area (Å²) in [6.45, 7) is 5.61. The van der Waals surface area contributed by atoms with Crippen molar-refractivity contribution in [3.05, 3.63) is 35.9 Å². The molecule has 2 fully saturated rings. The van der Waals surface area contributed by atoms with Gasteiger partial charge in [-0.1, -0.05) is 37.3 Å². The van der Waals surface area contributed by atoms with Crippen LogP contribution >= 0.6 is 0 Å². The van der Waals surface area contributed by atoms with Gasteiger partial charge in [0.2, 0.25) is 0 Å². The molecule has 132 valence electrons. The number of morpholine rings is 1. The van der Waals surface area contributed by atoms with Crippen LogP contribution in [0.3, 0.4) is 0 Å². The van der Waals surface area contributed by atoms with E-state index >= 15 is 0 Å². The van der Waals surface area contributed by atoms with Crippen LogP contribution < -0.4 is 5.32 Å². The molecule has 2 aliphatic rings. The van der Waals surface area contributed by atoms with E-state index in [0.29, 0.717) is 38.0 Å². The Labute approximate surface area is 144 Å². The van der Waals surface area contributed by atoms with Crippen LogP contribution in [0, 0.1) is 11.8 Å². The van der Waals surface area contributed by atoms with Crippen molar-refractivity contribution in [3.63, 3.8) is 0 Å². The Morgan fingerprint density at radius 2 is 2.12 bits per heavy atom. The monoisotopic (exact) mass is 332 g/mol. The minimum Gasteiger partial charge on any atom is -0.393 e. The fourth-order valence-electron chi connectivity index (χ4n) is 3.64. The molecule has 1 aromatic rings. The highest BCUT2D eigenvalue weighted by Gasteiger charge is 2.42. The van der Waals surface area contributed by atoms with Gasteiger partial charge >= 0.3 is 6.03 Å². The first-order valence-electron chi connectivity index (χ1n) is 8.94. The molecule has 1 saturated heterocycles. The van der Waals surface area contributed by atoms with Gasteiger partial charge in [-0.05, 0) is 37.2 Å². The lowest BCUT2D eigenvalue weighted by Crippen LogP contribution is -2.54. The molecule has 2 N–H and O–H groups in total. The summed E-state index contributed by atoms with van der Waals surface area (Å²) < 4.78 is 5.50. The lowest BCUT2D eigenvalue weighted by atomic mass is 10.0. The van der Waals surface area contributed by atoms with Gasteiger partial charge in [-0.3, -0.25) is 0 Å². The number of rotatable bonds is 5. The Balaban J connectivity index is 1.70. The number of carbonyl (C=O) groups excluding carboxylic acids is 1. The second-order valence-electron chi connectivity index (χ2n) is 7.22. The van der Waals surface area contributed by atoms with Gasteiger partial charge < -0.3 is 20.1 Å². The zero-order valence-corrected chi connectivity index (χ0v) is 14.5. The lowest BCUT2D eigenvalue weighted by molar-refractivity contribution is -0.00499. The van der Waals surface area contributed by atoms with Crippen LogP contribution in [0.4, 0.5) is 4.79 Å². The molecule has 3 rings (SSSR count). The summed E-state index contributed by atoms with van der Waals surface area (Å²) in [6, 6.07) is 10.2. The Morgan fingerprint density at radius 1 is 1.42 bits per heavy atom. The summed E-state index contributed by atoms with van der Waals surface area (Å²) in [5, 5.41) is 12.9. The molecule has 0 spiro atoms. The quantitative estimate of drug-likeness (QED) is 0.871. The van der Waals surface area contributed by atoms with Crippen LogP contribution in [0.5, 0.6) is 0 Å². The molecular weight excluding hydrogens is 304 g/mol. The highest BCUT2D eigenvalue weighted by Crippen LogP contribution is 2.47. The number of benzene rings is 1. The van der Waals surface area contributed by atoms with Crippen LogP contribution in [0.25, 0.3) is 0 Å². The highest BCUT2D eigenvalue weighted by molar-refractivity contribution is 5.75. The largest absolute Gasteiger partial charge is 0.393 e. The maximum atomic E-state index is 12.9. The van der Waals surface area contributed by atoms with E-state index in [4.69, 9.17) is 4.74 Å². The smallest absolute Gasteiger partial charge is 0.318 e. The number of aliphatic hydroxyl groups excluding tert-OH is 1. The van der Waals surface area contributed by atoms with Gasteiger partial charge in [0.1, 0.15) is 0 Å². The minimum atomic E-state index is -0.444. The topological polar surface area (TPSA) is 61.8 Å². The van der Waals surface area contributed by atoms with Gasteiger partial charge in [-0.15, -0.1) is 0 Å². The van der Waals surface area contributed by atoms with Crippen LogP contribution in [-0.4, -0.2) is 47.9 Å². The number of nitrogens with one attached hydrogen (secondary N) is 1. The van der Waals surface area contributed by atoms with E-state index in [-0.39, 0.29) is 18.1 Å². The van der Waals surface area contributed by atoms with E-state index in [0.717, 1.165) is 6.42 Å². The Kier molecular flexibility index (Phi) is 5.41. The molecule has 2 amide bonds. The SMILES string of the molecule is CC(O)CC1COCCN1C(=O)NC(c1ccccc1)C1CC1C. The van der Waals surface area contributed by atoms with E-state index in [1.165, 1.54) is 5.56 Å². The molecule has 0 aromatic heterocycles. The van der Waals surface area contributed by atoms with Crippen molar-refractivity contribution in [2.75, 3.05) is 19.8 Å². The molecule has 24 heavy (non-hydrogen) atoms. The molecular formula is C19H28N2O3. The van der Waals surface area contributed by atoms with Crippen molar-refractivity contribution in [2.24, 2.45) is 11.8 Å². The van der Waals surface area contributed by atoms with Crippen molar-refractivity contribution in [2.45, 2.75) is 44.9 Å². The van der Waals surface area contributed by atoms with Crippen LogP contribution in [0.2, 0.25) is 0 Å². The zero-order valence-electron chi connectivity index (χ0n) is 14.5. The van der Waals surface area contributed by atoms with Crippen LogP contribution in [0.15, 0.2) is 30.3 Å². The summed E-state index contributed by atoms with van der Waals surface area (Å²) in [4.78, 5) is 14.7. The van der Waals surface area contributed by atoms with Crippen molar-refractivity contribution in [1.29, 1.82) is 0 Å². The molecule has 0 radical (unpaired) electrons. The average molecular weight is 332 g/mol. The predicted molar refractivity (Wildman–Crippen MR) is 92.6 cm³/mol. The van der Waals surface area contributed by atoms with Gasteiger partial charge in [-0.2, -0.15) is 0 Å². The van der Waals surface area contributed by atoms with E-state index < -0.39 is 6.10 Å². The summed E-state index contributed by atoms with van der Waals surface area (Å²) in [6.07, 6.45) is 1.25. The molecule has 1 aliphatic heterocycles. The summed E-state index contributed by atoms with van der Waals surface area (Å²) in [5.41, 5.74) is 1.17. The maximum Gasteiger partial charge on any atom is 0.318 e. The van der Waals surface area contributed by atoms with Crippen molar-refractivity contribution in [3.8, 4) is 0 Å². The lowest BCUT2D eigenvalue weighted by Gasteiger charge is -2.37. The van der Waals surface area contributed by atoms with E-state index in [2.05, 4.69) is 24.4 Å². The first kappa shape index (κ1) is 17.2. The van der Waals surface area contributed by atoms with E-state index in [9.17, 15) is 9.90 Å². The van der Waals surface area contributed by atoms with Gasteiger partial charge in [0.05, 0.1) is 31.4 Å². The number of ether oxygens (including phenoxy) is 1. The summed E-state index contributed by atoms with van der Waals surface area (Å²) in [7, 11) is 0. The highest BCUT2D eigenvalue weighted by atomic mass is 16.5. The Hall–Kier alpha value is -1.59. The minimum absolute atomic E-state index is 0.0445. The Bertz CT molecular complexity index is 549. The fourth-order valence-corrected chi connectivity index (χ4v) is 3.64. The molecule has 1 aliphatic carbocycles. The Morgan fingerprint density at radius 3 is 2.75 bits per heavy atom. The van der Waals surface area contributed by atoms with Crippen LogP contribution in [-0.2, 0) is 4.74 Å².